The van der Waals surface area contributed by atoms with Gasteiger partial charge in [0.05, 0.1) is 7.11 Å². The standard InChI is InChI=1S/C13H24O3/c1-5-6-7-8-9-10(2)12(14)11(3)13(15)16-4/h10-11H,5-9H2,1-4H3/t10-,11+/m0/s1. The van der Waals surface area contributed by atoms with Crippen molar-refractivity contribution in [1.29, 1.82) is 0 Å². The van der Waals surface area contributed by atoms with Crippen molar-refractivity contribution in [2.45, 2.75) is 52.9 Å². The van der Waals surface area contributed by atoms with Crippen LogP contribution in [0.2, 0.25) is 0 Å². The van der Waals surface area contributed by atoms with Crippen molar-refractivity contribution < 1.29 is 14.3 Å². The van der Waals surface area contributed by atoms with Gasteiger partial charge in [0.2, 0.25) is 0 Å². The van der Waals surface area contributed by atoms with E-state index < -0.39 is 11.9 Å². The van der Waals surface area contributed by atoms with E-state index in [1.165, 1.54) is 26.4 Å². The molecule has 0 aromatic heterocycles. The number of hydrogen-bond acceptors (Lipinski definition) is 3. The van der Waals surface area contributed by atoms with Crippen LogP contribution >= 0.6 is 0 Å². The summed E-state index contributed by atoms with van der Waals surface area (Å²) in [4.78, 5) is 23.0. The van der Waals surface area contributed by atoms with E-state index in [0.717, 1.165) is 12.8 Å². The van der Waals surface area contributed by atoms with Gasteiger partial charge in [-0.15, -0.1) is 0 Å². The lowest BCUT2D eigenvalue weighted by Gasteiger charge is -2.14. The first-order valence-corrected chi connectivity index (χ1v) is 6.16. The summed E-state index contributed by atoms with van der Waals surface area (Å²) in [5.41, 5.74) is 0. The van der Waals surface area contributed by atoms with E-state index in [0.29, 0.717) is 0 Å². The van der Waals surface area contributed by atoms with Crippen molar-refractivity contribution in [3.63, 3.8) is 0 Å². The summed E-state index contributed by atoms with van der Waals surface area (Å²) in [6, 6.07) is 0. The number of carbonyl (C=O) groups excluding carboxylic acids is 2. The molecule has 0 aliphatic heterocycles. The van der Waals surface area contributed by atoms with Gasteiger partial charge >= 0.3 is 5.97 Å². The Morgan fingerprint density at radius 2 is 1.75 bits per heavy atom. The predicted molar refractivity (Wildman–Crippen MR) is 64.1 cm³/mol. The third-order valence-electron chi connectivity index (χ3n) is 2.96. The molecule has 0 aromatic rings. The van der Waals surface area contributed by atoms with Crippen LogP contribution in [0, 0.1) is 11.8 Å². The monoisotopic (exact) mass is 228 g/mol. The summed E-state index contributed by atoms with van der Waals surface area (Å²) < 4.78 is 4.57. The zero-order valence-electron chi connectivity index (χ0n) is 10.9. The van der Waals surface area contributed by atoms with Crippen LogP contribution in [0.25, 0.3) is 0 Å². The van der Waals surface area contributed by atoms with Gasteiger partial charge in [0.1, 0.15) is 11.7 Å². The molecular formula is C13H24O3. The quantitative estimate of drug-likeness (QED) is 0.364. The molecule has 3 heteroatoms. The van der Waals surface area contributed by atoms with Gasteiger partial charge in [0.15, 0.2) is 0 Å². The minimum Gasteiger partial charge on any atom is -0.468 e. The first-order chi connectivity index (χ1) is 7.54. The SMILES string of the molecule is CCCCCC[C@H](C)C(=O)[C@@H](C)C(=O)OC. The van der Waals surface area contributed by atoms with Gasteiger partial charge in [-0.2, -0.15) is 0 Å². The number of ketones is 1. The zero-order chi connectivity index (χ0) is 12.6. The zero-order valence-corrected chi connectivity index (χ0v) is 10.9. The minimum atomic E-state index is -0.619. The van der Waals surface area contributed by atoms with Crippen molar-refractivity contribution in [3.05, 3.63) is 0 Å². The third-order valence-corrected chi connectivity index (χ3v) is 2.96. The normalized spacial score (nSPS) is 14.2. The Morgan fingerprint density at radius 1 is 1.12 bits per heavy atom. The van der Waals surface area contributed by atoms with Crippen molar-refractivity contribution >= 4 is 11.8 Å². The molecule has 0 aliphatic carbocycles. The molecule has 0 fully saturated rings. The number of unbranched alkanes of at least 4 members (excludes halogenated alkanes) is 3. The van der Waals surface area contributed by atoms with Crippen molar-refractivity contribution in [2.75, 3.05) is 7.11 Å². The molecule has 0 spiro atoms. The van der Waals surface area contributed by atoms with E-state index in [-0.39, 0.29) is 11.7 Å². The number of carbonyl (C=O) groups is 2. The summed E-state index contributed by atoms with van der Waals surface area (Å²) in [5.74, 6) is -1.08. The Morgan fingerprint density at radius 3 is 2.25 bits per heavy atom. The van der Waals surface area contributed by atoms with Gasteiger partial charge in [-0.1, -0.05) is 39.5 Å². The molecule has 94 valence electrons. The maximum Gasteiger partial charge on any atom is 0.315 e. The molecule has 0 heterocycles. The summed E-state index contributed by atoms with van der Waals surface area (Å²) in [7, 11) is 1.32. The Kier molecular flexibility index (Phi) is 7.86. The van der Waals surface area contributed by atoms with E-state index in [2.05, 4.69) is 11.7 Å². The van der Waals surface area contributed by atoms with E-state index in [4.69, 9.17) is 0 Å². The van der Waals surface area contributed by atoms with Gasteiger partial charge in [0.25, 0.3) is 0 Å². The summed E-state index contributed by atoms with van der Waals surface area (Å²) in [5, 5.41) is 0. The molecule has 3 nitrogen and oxygen atoms in total. The molecular weight excluding hydrogens is 204 g/mol. The van der Waals surface area contributed by atoms with Gasteiger partial charge in [0, 0.05) is 5.92 Å². The number of methoxy groups -OCH3 is 1. The van der Waals surface area contributed by atoms with Crippen LogP contribution in [-0.2, 0) is 14.3 Å². The lowest BCUT2D eigenvalue weighted by Crippen LogP contribution is -2.27. The first-order valence-electron chi connectivity index (χ1n) is 6.16. The first kappa shape index (κ1) is 15.1. The number of hydrogen-bond donors (Lipinski definition) is 0. The lowest BCUT2D eigenvalue weighted by molar-refractivity contribution is -0.149. The molecule has 2 atom stereocenters. The second-order valence-corrected chi connectivity index (χ2v) is 4.40. The predicted octanol–water partition coefficient (Wildman–Crippen LogP) is 2.97. The van der Waals surface area contributed by atoms with Crippen LogP contribution in [0.1, 0.15) is 52.9 Å². The van der Waals surface area contributed by atoms with Crippen LogP contribution in [0.5, 0.6) is 0 Å². The van der Waals surface area contributed by atoms with Crippen molar-refractivity contribution in [3.8, 4) is 0 Å². The molecule has 0 N–H and O–H groups in total. The molecule has 0 radical (unpaired) electrons. The van der Waals surface area contributed by atoms with E-state index in [1.807, 2.05) is 6.92 Å². The summed E-state index contributed by atoms with van der Waals surface area (Å²) in [6.07, 6.45) is 5.52. The molecule has 0 aliphatic rings. The highest BCUT2D eigenvalue weighted by atomic mass is 16.5. The lowest BCUT2D eigenvalue weighted by atomic mass is 9.91. The molecule has 0 aromatic carbocycles. The molecule has 0 rings (SSSR count). The van der Waals surface area contributed by atoms with Crippen LogP contribution in [-0.4, -0.2) is 18.9 Å². The Labute approximate surface area is 98.6 Å². The van der Waals surface area contributed by atoms with Crippen LogP contribution in [0.15, 0.2) is 0 Å². The number of esters is 1. The minimum absolute atomic E-state index is 0.00310. The maximum atomic E-state index is 11.8. The van der Waals surface area contributed by atoms with Crippen LogP contribution < -0.4 is 0 Å². The highest BCUT2D eigenvalue weighted by molar-refractivity contribution is 5.99. The number of ether oxygens (including phenoxy) is 1. The van der Waals surface area contributed by atoms with Crippen molar-refractivity contribution in [2.24, 2.45) is 11.8 Å². The fourth-order valence-corrected chi connectivity index (χ4v) is 1.74. The second kappa shape index (κ2) is 8.31. The van der Waals surface area contributed by atoms with E-state index in [1.54, 1.807) is 6.92 Å². The Hall–Kier alpha value is -0.860. The maximum absolute atomic E-state index is 11.8. The van der Waals surface area contributed by atoms with Gasteiger partial charge < -0.3 is 4.74 Å². The second-order valence-electron chi connectivity index (χ2n) is 4.40. The smallest absolute Gasteiger partial charge is 0.315 e. The highest BCUT2D eigenvalue weighted by Gasteiger charge is 2.26. The molecule has 0 amide bonds. The van der Waals surface area contributed by atoms with Gasteiger partial charge in [-0.25, -0.2) is 0 Å². The largest absolute Gasteiger partial charge is 0.468 e. The van der Waals surface area contributed by atoms with Crippen molar-refractivity contribution in [1.82, 2.24) is 0 Å². The molecule has 0 unspecified atom stereocenters. The van der Waals surface area contributed by atoms with Gasteiger partial charge in [-0.05, 0) is 13.3 Å². The topological polar surface area (TPSA) is 43.4 Å². The fraction of sp³-hybridized carbons (Fsp3) is 0.846. The molecule has 0 saturated heterocycles. The fourth-order valence-electron chi connectivity index (χ4n) is 1.74. The van der Waals surface area contributed by atoms with Gasteiger partial charge in [-0.3, -0.25) is 9.59 Å². The average molecular weight is 228 g/mol. The van der Waals surface area contributed by atoms with E-state index in [9.17, 15) is 9.59 Å². The summed E-state index contributed by atoms with van der Waals surface area (Å²) in [6.45, 7) is 5.68. The Bertz CT molecular complexity index is 223. The molecule has 0 bridgehead atoms. The number of rotatable bonds is 8. The van der Waals surface area contributed by atoms with Crippen LogP contribution in [0.3, 0.4) is 0 Å². The Balaban J connectivity index is 3.93. The highest BCUT2D eigenvalue weighted by Crippen LogP contribution is 2.16. The molecule has 16 heavy (non-hydrogen) atoms. The summed E-state index contributed by atoms with van der Waals surface area (Å²) >= 11 is 0. The third kappa shape index (κ3) is 5.29. The molecule has 0 saturated carbocycles. The number of Topliss-reactive ketones (excluding diaryl/α,β-unsaturated/α-hetero) is 1. The average Bonchev–Trinajstić information content (AvgIpc) is 2.31. The van der Waals surface area contributed by atoms with Crippen LogP contribution in [0.4, 0.5) is 0 Å². The van der Waals surface area contributed by atoms with E-state index >= 15 is 0 Å².